The van der Waals surface area contributed by atoms with Gasteiger partial charge in [-0.05, 0) is 18.6 Å². The molecule has 0 aliphatic carbocycles. The van der Waals surface area contributed by atoms with Crippen LogP contribution in [0.3, 0.4) is 0 Å². The number of hydrogen-bond acceptors (Lipinski definition) is 7. The average Bonchev–Trinajstić information content (AvgIpc) is 2.88. The fourth-order valence-corrected chi connectivity index (χ4v) is 4.32. The third-order valence-corrected chi connectivity index (χ3v) is 5.50. The Bertz CT molecular complexity index is 672. The minimum Gasteiger partial charge on any atom is -0.481 e. The number of para-hydroxylation sites is 1. The van der Waals surface area contributed by atoms with Crippen molar-refractivity contribution < 1.29 is 19.8 Å². The number of aliphatic carboxylic acids is 2. The van der Waals surface area contributed by atoms with E-state index in [4.69, 9.17) is 0 Å². The molecule has 24 heavy (non-hydrogen) atoms. The summed E-state index contributed by atoms with van der Waals surface area (Å²) in [5.41, 5.74) is 0.864. The van der Waals surface area contributed by atoms with Crippen molar-refractivity contribution in [2.45, 2.75) is 10.8 Å². The van der Waals surface area contributed by atoms with E-state index in [1.54, 1.807) is 0 Å². The second-order valence-corrected chi connectivity index (χ2v) is 6.97. The first-order valence-electron chi connectivity index (χ1n) is 6.57. The molecule has 1 heterocycles. The van der Waals surface area contributed by atoms with Gasteiger partial charge >= 0.3 is 11.9 Å². The Kier molecular flexibility index (Phi) is 9.22. The molecule has 1 aromatic heterocycles. The summed E-state index contributed by atoms with van der Waals surface area (Å²) in [5.74, 6) is -4.01. The van der Waals surface area contributed by atoms with Gasteiger partial charge in [0.2, 0.25) is 0 Å². The van der Waals surface area contributed by atoms with Gasteiger partial charge in [-0.2, -0.15) is 0 Å². The highest BCUT2D eigenvalue weighted by Gasteiger charge is 2.33. The molecule has 0 amide bonds. The van der Waals surface area contributed by atoms with Crippen LogP contribution in [0, 0.1) is 11.8 Å². The largest absolute Gasteiger partial charge is 0.481 e. The van der Waals surface area contributed by atoms with E-state index in [9.17, 15) is 19.8 Å². The summed E-state index contributed by atoms with van der Waals surface area (Å²) in [7, 11) is 0. The quantitative estimate of drug-likeness (QED) is 0.404. The minimum atomic E-state index is -1.11. The van der Waals surface area contributed by atoms with E-state index < -0.39 is 23.8 Å². The molecular formula is C15H21N3O4S2. The Morgan fingerprint density at radius 2 is 1.83 bits per heavy atom. The number of carboxylic acid groups (broad SMARTS) is 2. The summed E-state index contributed by atoms with van der Waals surface area (Å²) in [5, 5.41) is 18.5. The zero-order chi connectivity index (χ0) is 16.1. The van der Waals surface area contributed by atoms with Crippen LogP contribution in [0.1, 0.15) is 6.42 Å². The van der Waals surface area contributed by atoms with Crippen molar-refractivity contribution in [2.24, 2.45) is 11.8 Å². The predicted molar refractivity (Wildman–Crippen MR) is 97.5 cm³/mol. The molecule has 2 aromatic rings. The molecule has 132 valence electrons. The maximum atomic E-state index is 11.4. The molecule has 0 bridgehead atoms. The smallest absolute Gasteiger partial charge is 0.308 e. The van der Waals surface area contributed by atoms with Crippen molar-refractivity contribution in [1.29, 1.82) is 0 Å². The van der Waals surface area contributed by atoms with E-state index in [0.717, 1.165) is 14.6 Å². The number of rotatable bonds is 8. The third-order valence-electron chi connectivity index (χ3n) is 3.20. The van der Waals surface area contributed by atoms with Gasteiger partial charge in [-0.3, -0.25) is 9.59 Å². The Balaban J connectivity index is 0.00000264. The highest BCUT2D eigenvalue weighted by atomic mass is 32.2. The van der Waals surface area contributed by atoms with Crippen LogP contribution in [-0.4, -0.2) is 32.9 Å². The lowest BCUT2D eigenvalue weighted by molar-refractivity contribution is -0.152. The summed E-state index contributed by atoms with van der Waals surface area (Å²) in [6.07, 6.45) is 1.57. The predicted octanol–water partition coefficient (Wildman–Crippen LogP) is 3.69. The second-order valence-electron chi connectivity index (χ2n) is 4.67. The van der Waals surface area contributed by atoms with Crippen LogP contribution in [0.2, 0.25) is 0 Å². The lowest BCUT2D eigenvalue weighted by Crippen LogP contribution is -2.31. The molecule has 2 unspecified atom stereocenters. The number of thioether (sulfide) groups is 1. The second kappa shape index (κ2) is 10.0. The molecule has 0 aliphatic heterocycles. The number of aromatic nitrogens is 1. The van der Waals surface area contributed by atoms with Crippen LogP contribution in [0.25, 0.3) is 10.2 Å². The van der Waals surface area contributed by atoms with E-state index in [2.05, 4.69) is 11.6 Å². The number of nitrogens with zero attached hydrogens (tertiary/aromatic N) is 1. The van der Waals surface area contributed by atoms with Gasteiger partial charge in [0.1, 0.15) is 0 Å². The van der Waals surface area contributed by atoms with Crippen LogP contribution in [0.5, 0.6) is 0 Å². The molecular weight excluding hydrogens is 350 g/mol. The van der Waals surface area contributed by atoms with E-state index in [-0.39, 0.29) is 24.5 Å². The molecule has 0 radical (unpaired) electrons. The van der Waals surface area contributed by atoms with E-state index >= 15 is 0 Å². The molecule has 2 rings (SSSR count). The van der Waals surface area contributed by atoms with E-state index in [1.807, 2.05) is 24.3 Å². The lowest BCUT2D eigenvalue weighted by Gasteiger charge is -2.18. The number of allylic oxidation sites excluding steroid dienone is 1. The Morgan fingerprint density at radius 1 is 1.21 bits per heavy atom. The maximum absolute atomic E-state index is 11.4. The molecule has 8 N–H and O–H groups in total. The van der Waals surface area contributed by atoms with Gasteiger partial charge in [-0.15, -0.1) is 17.9 Å². The molecule has 9 heteroatoms. The highest BCUT2D eigenvalue weighted by Crippen LogP contribution is 2.32. The van der Waals surface area contributed by atoms with Gasteiger partial charge in [0, 0.05) is 5.75 Å². The van der Waals surface area contributed by atoms with Crippen LogP contribution in [0.4, 0.5) is 0 Å². The van der Waals surface area contributed by atoms with Crippen LogP contribution in [-0.2, 0) is 9.59 Å². The van der Waals surface area contributed by atoms with Crippen molar-refractivity contribution in [3.63, 3.8) is 0 Å². The lowest BCUT2D eigenvalue weighted by atomic mass is 9.91. The molecule has 0 saturated carbocycles. The van der Waals surface area contributed by atoms with Crippen molar-refractivity contribution >= 4 is 45.3 Å². The number of carboxylic acids is 2. The fourth-order valence-electron chi connectivity index (χ4n) is 2.05. The number of hydrogen-bond donors (Lipinski definition) is 4. The number of benzene rings is 1. The summed E-state index contributed by atoms with van der Waals surface area (Å²) < 4.78 is 1.77. The highest BCUT2D eigenvalue weighted by molar-refractivity contribution is 8.01. The first-order chi connectivity index (χ1) is 10.5. The number of fused-ring (bicyclic) bond motifs is 1. The van der Waals surface area contributed by atoms with Crippen LogP contribution in [0.15, 0.2) is 41.3 Å². The Hall–Kier alpha value is -1.94. The van der Waals surface area contributed by atoms with Crippen molar-refractivity contribution in [1.82, 2.24) is 17.3 Å². The van der Waals surface area contributed by atoms with Gasteiger partial charge in [0.15, 0.2) is 4.34 Å². The normalized spacial score (nSPS) is 12.5. The molecule has 7 nitrogen and oxygen atoms in total. The molecule has 0 spiro atoms. The van der Waals surface area contributed by atoms with Crippen molar-refractivity contribution in [2.75, 3.05) is 5.75 Å². The zero-order valence-corrected chi connectivity index (χ0v) is 14.7. The average molecular weight is 371 g/mol. The third kappa shape index (κ3) is 5.31. The first kappa shape index (κ1) is 22.1. The summed E-state index contributed by atoms with van der Waals surface area (Å²) >= 11 is 2.76. The Labute approximate surface area is 148 Å². The van der Waals surface area contributed by atoms with Crippen LogP contribution >= 0.6 is 23.1 Å². The molecule has 0 saturated heterocycles. The Morgan fingerprint density at radius 3 is 2.38 bits per heavy atom. The standard InChI is InChI=1S/C15H15NO4S2.2H3N/c1-2-5-9(13(17)18)10(14(19)20)8-21-15-16-11-6-3-4-7-12(11)22-15;;/h2-4,6-7,9-10H,1,5,8H2,(H,17,18)(H,19,20);2*1H3. The number of carbonyl (C=O) groups is 2. The molecule has 1 aromatic carbocycles. The fraction of sp³-hybridized carbons (Fsp3) is 0.267. The molecule has 0 aliphatic rings. The van der Waals surface area contributed by atoms with E-state index in [0.29, 0.717) is 0 Å². The zero-order valence-electron chi connectivity index (χ0n) is 13.1. The van der Waals surface area contributed by atoms with Gasteiger partial charge < -0.3 is 22.5 Å². The SMILES string of the molecule is C=CCC(C(=O)O)C(CSc1nc2ccccc2s1)C(=O)O.N.N. The topological polar surface area (TPSA) is 157 Å². The minimum absolute atomic E-state index is 0. The first-order valence-corrected chi connectivity index (χ1v) is 8.38. The van der Waals surface area contributed by atoms with Gasteiger partial charge in [0.25, 0.3) is 0 Å². The van der Waals surface area contributed by atoms with Gasteiger partial charge in [0.05, 0.1) is 22.1 Å². The van der Waals surface area contributed by atoms with E-state index in [1.165, 1.54) is 29.2 Å². The monoisotopic (exact) mass is 371 g/mol. The molecule has 0 fully saturated rings. The number of thiazole rings is 1. The van der Waals surface area contributed by atoms with Gasteiger partial charge in [-0.1, -0.05) is 30.0 Å². The van der Waals surface area contributed by atoms with Crippen molar-refractivity contribution in [3.05, 3.63) is 36.9 Å². The molecule has 2 atom stereocenters. The maximum Gasteiger partial charge on any atom is 0.308 e. The van der Waals surface area contributed by atoms with Gasteiger partial charge in [-0.25, -0.2) is 4.98 Å². The summed E-state index contributed by atoms with van der Waals surface area (Å²) in [6.45, 7) is 3.50. The summed E-state index contributed by atoms with van der Waals surface area (Å²) in [4.78, 5) is 27.1. The van der Waals surface area contributed by atoms with Crippen molar-refractivity contribution in [3.8, 4) is 0 Å². The van der Waals surface area contributed by atoms with Crippen LogP contribution < -0.4 is 12.3 Å². The summed E-state index contributed by atoms with van der Waals surface area (Å²) in [6, 6.07) is 7.65.